The van der Waals surface area contributed by atoms with Crippen molar-refractivity contribution >= 4 is 38.8 Å². The minimum Gasteiger partial charge on any atom is -0.497 e. The SMILES string of the molecule is COc1ccc2nc3c(C)c4cc[nH]c(/C=N/O)c4cc3c2c1. The molecule has 0 atom stereocenters. The van der Waals surface area contributed by atoms with Crippen molar-refractivity contribution in [1.82, 2.24) is 9.97 Å². The molecule has 2 N–H and O–H groups in total. The van der Waals surface area contributed by atoms with Gasteiger partial charge in [0.1, 0.15) is 5.75 Å². The summed E-state index contributed by atoms with van der Waals surface area (Å²) in [4.78, 5) is 7.88. The molecule has 23 heavy (non-hydrogen) atoms. The molecule has 4 aromatic rings. The van der Waals surface area contributed by atoms with Gasteiger partial charge in [0, 0.05) is 22.4 Å². The van der Waals surface area contributed by atoms with E-state index in [9.17, 15) is 0 Å². The summed E-state index contributed by atoms with van der Waals surface area (Å²) in [6.45, 7) is 2.06. The lowest BCUT2D eigenvalue weighted by molar-refractivity contribution is 0.321. The summed E-state index contributed by atoms with van der Waals surface area (Å²) in [5, 5.41) is 16.2. The van der Waals surface area contributed by atoms with Gasteiger partial charge < -0.3 is 14.9 Å². The van der Waals surface area contributed by atoms with Gasteiger partial charge in [-0.05, 0) is 48.2 Å². The van der Waals surface area contributed by atoms with Gasteiger partial charge in [0.25, 0.3) is 0 Å². The molecule has 0 aliphatic heterocycles. The van der Waals surface area contributed by atoms with Crippen molar-refractivity contribution in [3.8, 4) is 5.75 Å². The van der Waals surface area contributed by atoms with Crippen LogP contribution in [0.25, 0.3) is 32.6 Å². The Labute approximate surface area is 132 Å². The number of ether oxygens (including phenoxy) is 1. The minimum absolute atomic E-state index is 0.757. The normalized spacial score (nSPS) is 11.9. The highest BCUT2D eigenvalue weighted by Crippen LogP contribution is 2.34. The van der Waals surface area contributed by atoms with E-state index in [1.807, 2.05) is 30.5 Å². The zero-order valence-corrected chi connectivity index (χ0v) is 12.8. The van der Waals surface area contributed by atoms with Crippen LogP contribution in [0, 0.1) is 6.92 Å². The standard InChI is InChI=1S/C18H15N3O2/c1-10-12-5-6-19-17(9-20-22)14(12)8-15-13-7-11(23-2)3-4-16(13)21-18(10)15/h3-9,19,22H,1-2H3/b20-9+. The van der Waals surface area contributed by atoms with Crippen molar-refractivity contribution in [3.63, 3.8) is 0 Å². The van der Waals surface area contributed by atoms with E-state index in [0.717, 1.165) is 49.6 Å². The summed E-state index contributed by atoms with van der Waals surface area (Å²) >= 11 is 0. The largest absolute Gasteiger partial charge is 0.497 e. The first kappa shape index (κ1) is 13.6. The first-order chi connectivity index (χ1) is 11.2. The van der Waals surface area contributed by atoms with Gasteiger partial charge in [-0.25, -0.2) is 4.98 Å². The Kier molecular flexibility index (Phi) is 2.94. The number of hydrogen-bond donors (Lipinski definition) is 2. The van der Waals surface area contributed by atoms with E-state index in [0.29, 0.717) is 0 Å². The van der Waals surface area contributed by atoms with Crippen LogP contribution in [-0.4, -0.2) is 28.5 Å². The van der Waals surface area contributed by atoms with Crippen LogP contribution in [0.5, 0.6) is 5.75 Å². The number of oxime groups is 1. The summed E-state index contributed by atoms with van der Waals surface area (Å²) in [7, 11) is 1.66. The van der Waals surface area contributed by atoms with Gasteiger partial charge in [-0.1, -0.05) is 5.16 Å². The third-order valence-electron chi connectivity index (χ3n) is 4.29. The van der Waals surface area contributed by atoms with Crippen molar-refractivity contribution in [2.24, 2.45) is 5.16 Å². The van der Waals surface area contributed by atoms with E-state index >= 15 is 0 Å². The first-order valence-electron chi connectivity index (χ1n) is 7.28. The van der Waals surface area contributed by atoms with Gasteiger partial charge in [-0.15, -0.1) is 0 Å². The number of aryl methyl sites for hydroxylation is 1. The second-order valence-corrected chi connectivity index (χ2v) is 5.49. The molecule has 0 bridgehead atoms. The molecule has 0 spiro atoms. The number of fused-ring (bicyclic) bond motifs is 4. The number of pyridine rings is 1. The predicted molar refractivity (Wildman–Crippen MR) is 91.8 cm³/mol. The zero-order valence-electron chi connectivity index (χ0n) is 12.8. The Hall–Kier alpha value is -3.08. The number of methoxy groups -OCH3 is 1. The molecule has 0 unspecified atom stereocenters. The summed E-state index contributed by atoms with van der Waals surface area (Å²) < 4.78 is 5.33. The van der Waals surface area contributed by atoms with Crippen LogP contribution in [0.2, 0.25) is 0 Å². The lowest BCUT2D eigenvalue weighted by atomic mass is 10.0. The molecular weight excluding hydrogens is 290 g/mol. The summed E-state index contributed by atoms with van der Waals surface area (Å²) in [5.74, 6) is 0.807. The fourth-order valence-corrected chi connectivity index (χ4v) is 3.14. The quantitative estimate of drug-likeness (QED) is 0.334. The third-order valence-corrected chi connectivity index (χ3v) is 4.29. The van der Waals surface area contributed by atoms with Crippen LogP contribution < -0.4 is 4.74 Å². The predicted octanol–water partition coefficient (Wildman–Crippen LogP) is 3.99. The van der Waals surface area contributed by atoms with Gasteiger partial charge in [-0.3, -0.25) is 0 Å². The van der Waals surface area contributed by atoms with Crippen molar-refractivity contribution < 1.29 is 9.94 Å². The molecule has 0 radical (unpaired) electrons. The van der Waals surface area contributed by atoms with Gasteiger partial charge in [0.2, 0.25) is 0 Å². The molecule has 5 nitrogen and oxygen atoms in total. The Balaban J connectivity index is 2.19. The number of benzene rings is 2. The second-order valence-electron chi connectivity index (χ2n) is 5.49. The number of aromatic amines is 1. The van der Waals surface area contributed by atoms with Crippen molar-refractivity contribution in [1.29, 1.82) is 0 Å². The minimum atomic E-state index is 0.757. The number of nitrogens with zero attached hydrogens (tertiary/aromatic N) is 2. The molecule has 0 saturated heterocycles. The highest BCUT2D eigenvalue weighted by atomic mass is 16.5. The summed E-state index contributed by atoms with van der Waals surface area (Å²) in [6, 6.07) is 9.99. The number of H-pyrrole nitrogens is 1. The van der Waals surface area contributed by atoms with Gasteiger partial charge in [0.15, 0.2) is 0 Å². The van der Waals surface area contributed by atoms with Gasteiger partial charge in [-0.2, -0.15) is 0 Å². The highest BCUT2D eigenvalue weighted by Gasteiger charge is 2.13. The third kappa shape index (κ3) is 1.93. The van der Waals surface area contributed by atoms with Gasteiger partial charge >= 0.3 is 0 Å². The van der Waals surface area contributed by atoms with Crippen LogP contribution in [0.15, 0.2) is 41.7 Å². The Morgan fingerprint density at radius 2 is 2.00 bits per heavy atom. The smallest absolute Gasteiger partial charge is 0.119 e. The maximum atomic E-state index is 8.88. The average Bonchev–Trinajstić information content (AvgIpc) is 2.94. The fourth-order valence-electron chi connectivity index (χ4n) is 3.14. The lowest BCUT2D eigenvalue weighted by Crippen LogP contribution is -1.91. The molecule has 2 heterocycles. The number of hydrogen-bond acceptors (Lipinski definition) is 4. The topological polar surface area (TPSA) is 70.5 Å². The molecule has 0 fully saturated rings. The number of nitrogens with one attached hydrogen (secondary N) is 1. The molecule has 114 valence electrons. The monoisotopic (exact) mass is 305 g/mol. The highest BCUT2D eigenvalue weighted by molar-refractivity contribution is 6.15. The molecule has 0 amide bonds. The van der Waals surface area contributed by atoms with E-state index < -0.39 is 0 Å². The van der Waals surface area contributed by atoms with E-state index in [-0.39, 0.29) is 0 Å². The zero-order chi connectivity index (χ0) is 16.0. The average molecular weight is 305 g/mol. The summed E-state index contributed by atoms with van der Waals surface area (Å²) in [5.41, 5.74) is 3.79. The Morgan fingerprint density at radius 3 is 2.78 bits per heavy atom. The van der Waals surface area contributed by atoms with Crippen LogP contribution >= 0.6 is 0 Å². The van der Waals surface area contributed by atoms with Crippen LogP contribution in [0.1, 0.15) is 11.3 Å². The maximum absolute atomic E-state index is 8.88. The lowest BCUT2D eigenvalue weighted by Gasteiger charge is -2.07. The van der Waals surface area contributed by atoms with E-state index in [1.54, 1.807) is 7.11 Å². The van der Waals surface area contributed by atoms with E-state index in [4.69, 9.17) is 14.9 Å². The molecule has 5 heteroatoms. The number of aromatic nitrogens is 2. The molecule has 2 aromatic heterocycles. The van der Waals surface area contributed by atoms with Crippen molar-refractivity contribution in [2.75, 3.05) is 7.11 Å². The number of rotatable bonds is 2. The van der Waals surface area contributed by atoms with Crippen LogP contribution in [-0.2, 0) is 0 Å². The second kappa shape index (κ2) is 4.98. The van der Waals surface area contributed by atoms with Crippen LogP contribution in [0.4, 0.5) is 0 Å². The van der Waals surface area contributed by atoms with Crippen molar-refractivity contribution in [2.45, 2.75) is 6.92 Å². The van der Waals surface area contributed by atoms with E-state index in [1.165, 1.54) is 6.21 Å². The van der Waals surface area contributed by atoms with Crippen molar-refractivity contribution in [3.05, 3.63) is 47.8 Å². The summed E-state index contributed by atoms with van der Waals surface area (Å²) in [6.07, 6.45) is 3.25. The fraction of sp³-hybridized carbons (Fsp3) is 0.111. The first-order valence-corrected chi connectivity index (χ1v) is 7.28. The van der Waals surface area contributed by atoms with E-state index in [2.05, 4.69) is 23.1 Å². The van der Waals surface area contributed by atoms with Crippen LogP contribution in [0.3, 0.4) is 0 Å². The molecule has 0 aliphatic carbocycles. The molecule has 0 aliphatic rings. The van der Waals surface area contributed by atoms with Gasteiger partial charge in [0.05, 0.1) is 30.1 Å². The molecule has 4 rings (SSSR count). The molecular formula is C18H15N3O2. The Morgan fingerprint density at radius 1 is 1.13 bits per heavy atom. The Bertz CT molecular complexity index is 1080. The molecule has 2 aromatic carbocycles. The molecule has 0 saturated carbocycles. The maximum Gasteiger partial charge on any atom is 0.119 e.